The van der Waals surface area contributed by atoms with E-state index in [1.807, 2.05) is 12.4 Å². The summed E-state index contributed by atoms with van der Waals surface area (Å²) in [7, 11) is 0. The van der Waals surface area contributed by atoms with Gasteiger partial charge in [-0.15, -0.1) is 0 Å². The molecule has 0 aromatic carbocycles. The number of hydrogen-bond donors (Lipinski definition) is 1. The first-order valence-electron chi connectivity index (χ1n) is 7.60. The molecule has 3 nitrogen and oxygen atoms in total. The second kappa shape index (κ2) is 7.01. The summed E-state index contributed by atoms with van der Waals surface area (Å²) in [6.45, 7) is 9.99. The molecular formula is C16H27N3. The van der Waals surface area contributed by atoms with E-state index in [4.69, 9.17) is 0 Å². The molecule has 1 N–H and O–H groups in total. The molecule has 1 saturated heterocycles. The van der Waals surface area contributed by atoms with E-state index in [1.54, 1.807) is 0 Å². The molecule has 3 heteroatoms. The highest BCUT2D eigenvalue weighted by atomic mass is 15.2. The van der Waals surface area contributed by atoms with Crippen LogP contribution < -0.4 is 5.32 Å². The molecule has 0 bridgehead atoms. The van der Waals surface area contributed by atoms with Gasteiger partial charge in [0.05, 0.1) is 0 Å². The van der Waals surface area contributed by atoms with Crippen LogP contribution in [0.3, 0.4) is 0 Å². The van der Waals surface area contributed by atoms with E-state index in [0.717, 1.165) is 19.6 Å². The number of aromatic nitrogens is 1. The number of rotatable bonds is 5. The molecule has 2 heterocycles. The predicted octanol–water partition coefficient (Wildman–Crippen LogP) is 2.74. The van der Waals surface area contributed by atoms with Crippen molar-refractivity contribution < 1.29 is 0 Å². The van der Waals surface area contributed by atoms with Crippen molar-refractivity contribution in [2.24, 2.45) is 0 Å². The Morgan fingerprint density at radius 1 is 1.37 bits per heavy atom. The van der Waals surface area contributed by atoms with E-state index in [-0.39, 0.29) is 0 Å². The Morgan fingerprint density at radius 2 is 2.21 bits per heavy atom. The minimum absolute atomic E-state index is 0.644. The van der Waals surface area contributed by atoms with Crippen LogP contribution in [0.15, 0.2) is 18.5 Å². The largest absolute Gasteiger partial charge is 0.311 e. The third kappa shape index (κ3) is 4.02. The second-order valence-corrected chi connectivity index (χ2v) is 5.76. The topological polar surface area (TPSA) is 28.2 Å². The lowest BCUT2D eigenvalue weighted by Gasteiger charge is -2.40. The van der Waals surface area contributed by atoms with Gasteiger partial charge in [0.15, 0.2) is 0 Å². The molecule has 0 aliphatic carbocycles. The van der Waals surface area contributed by atoms with Crippen molar-refractivity contribution in [3.63, 3.8) is 0 Å². The maximum absolute atomic E-state index is 4.32. The monoisotopic (exact) mass is 261 g/mol. The van der Waals surface area contributed by atoms with Crippen molar-refractivity contribution in [3.8, 4) is 0 Å². The summed E-state index contributed by atoms with van der Waals surface area (Å²) < 4.78 is 0. The quantitative estimate of drug-likeness (QED) is 0.883. The molecule has 2 atom stereocenters. The van der Waals surface area contributed by atoms with E-state index in [0.29, 0.717) is 12.1 Å². The van der Waals surface area contributed by atoms with Crippen molar-refractivity contribution in [1.82, 2.24) is 15.2 Å². The smallest absolute Gasteiger partial charge is 0.0313 e. The zero-order valence-corrected chi connectivity index (χ0v) is 12.5. The molecule has 0 spiro atoms. The van der Waals surface area contributed by atoms with E-state index < -0.39 is 0 Å². The molecule has 0 radical (unpaired) electrons. The van der Waals surface area contributed by atoms with Crippen LogP contribution in [0.4, 0.5) is 0 Å². The number of nitrogens with one attached hydrogen (secondary N) is 1. The van der Waals surface area contributed by atoms with Crippen LogP contribution >= 0.6 is 0 Å². The van der Waals surface area contributed by atoms with Crippen LogP contribution in [0.2, 0.25) is 0 Å². The van der Waals surface area contributed by atoms with Crippen LogP contribution in [0.5, 0.6) is 0 Å². The summed E-state index contributed by atoms with van der Waals surface area (Å²) in [5, 5.41) is 3.67. The third-order valence-corrected chi connectivity index (χ3v) is 4.05. The molecular weight excluding hydrogens is 234 g/mol. The van der Waals surface area contributed by atoms with Crippen LogP contribution in [0, 0.1) is 6.92 Å². The molecule has 0 amide bonds. The lowest BCUT2D eigenvalue weighted by Crippen LogP contribution is -2.55. The minimum atomic E-state index is 0.644. The predicted molar refractivity (Wildman–Crippen MR) is 80.2 cm³/mol. The van der Waals surface area contributed by atoms with E-state index in [9.17, 15) is 0 Å². The number of piperazine rings is 1. The molecule has 19 heavy (non-hydrogen) atoms. The van der Waals surface area contributed by atoms with Gasteiger partial charge >= 0.3 is 0 Å². The minimum Gasteiger partial charge on any atom is -0.311 e. The molecule has 2 unspecified atom stereocenters. The Bertz CT molecular complexity index is 391. The maximum Gasteiger partial charge on any atom is 0.0313 e. The first-order chi connectivity index (χ1) is 9.22. The first-order valence-corrected chi connectivity index (χ1v) is 7.60. The van der Waals surface area contributed by atoms with Gasteiger partial charge in [-0.3, -0.25) is 9.88 Å². The molecule has 106 valence electrons. The Kier molecular flexibility index (Phi) is 5.34. The molecule has 0 saturated carbocycles. The molecule has 1 aliphatic heterocycles. The highest BCUT2D eigenvalue weighted by Gasteiger charge is 2.26. The van der Waals surface area contributed by atoms with Crippen LogP contribution in [0.1, 0.15) is 44.2 Å². The van der Waals surface area contributed by atoms with E-state index in [1.165, 1.54) is 30.4 Å². The average Bonchev–Trinajstić information content (AvgIpc) is 2.41. The zero-order valence-electron chi connectivity index (χ0n) is 12.5. The third-order valence-electron chi connectivity index (χ3n) is 4.05. The van der Waals surface area contributed by atoms with Gasteiger partial charge in [0.2, 0.25) is 0 Å². The van der Waals surface area contributed by atoms with E-state index >= 15 is 0 Å². The lowest BCUT2D eigenvalue weighted by molar-refractivity contribution is 0.113. The molecule has 2 rings (SSSR count). The SMILES string of the molecule is CCCC1CNC(CC)CN1Cc1cncc(C)c1. The fourth-order valence-corrected chi connectivity index (χ4v) is 2.95. The first kappa shape index (κ1) is 14.5. The fourth-order valence-electron chi connectivity index (χ4n) is 2.95. The summed E-state index contributed by atoms with van der Waals surface area (Å²) in [4.78, 5) is 6.96. The number of hydrogen-bond acceptors (Lipinski definition) is 3. The normalized spacial score (nSPS) is 24.6. The van der Waals surface area contributed by atoms with Crippen molar-refractivity contribution in [2.45, 2.75) is 58.7 Å². The lowest BCUT2D eigenvalue weighted by atomic mass is 10.0. The maximum atomic E-state index is 4.32. The van der Waals surface area contributed by atoms with Crippen molar-refractivity contribution >= 4 is 0 Å². The van der Waals surface area contributed by atoms with Gasteiger partial charge in [-0.25, -0.2) is 0 Å². The van der Waals surface area contributed by atoms with Crippen LogP contribution in [-0.4, -0.2) is 35.1 Å². The van der Waals surface area contributed by atoms with Crippen molar-refractivity contribution in [3.05, 3.63) is 29.6 Å². The Labute approximate surface area is 117 Å². The highest BCUT2D eigenvalue weighted by molar-refractivity contribution is 5.16. The zero-order chi connectivity index (χ0) is 13.7. The molecule has 1 aromatic heterocycles. The fraction of sp³-hybridized carbons (Fsp3) is 0.688. The number of aryl methyl sites for hydroxylation is 1. The van der Waals surface area contributed by atoms with Gasteiger partial charge in [-0.05, 0) is 30.9 Å². The molecule has 1 aromatic rings. The second-order valence-electron chi connectivity index (χ2n) is 5.76. The van der Waals surface area contributed by atoms with Crippen molar-refractivity contribution in [1.29, 1.82) is 0 Å². The van der Waals surface area contributed by atoms with Gasteiger partial charge in [-0.2, -0.15) is 0 Å². The van der Waals surface area contributed by atoms with Crippen LogP contribution in [0.25, 0.3) is 0 Å². The van der Waals surface area contributed by atoms with Crippen LogP contribution in [-0.2, 0) is 6.54 Å². The highest BCUT2D eigenvalue weighted by Crippen LogP contribution is 2.17. The Hall–Kier alpha value is -0.930. The van der Waals surface area contributed by atoms with Crippen molar-refractivity contribution in [2.75, 3.05) is 13.1 Å². The summed E-state index contributed by atoms with van der Waals surface area (Å²) >= 11 is 0. The van der Waals surface area contributed by atoms with E-state index in [2.05, 4.69) is 42.0 Å². The molecule has 1 fully saturated rings. The number of pyridine rings is 1. The summed E-state index contributed by atoms with van der Waals surface area (Å²) in [6, 6.07) is 3.58. The van der Waals surface area contributed by atoms with Gasteiger partial charge in [0, 0.05) is 44.1 Å². The Morgan fingerprint density at radius 3 is 2.89 bits per heavy atom. The summed E-state index contributed by atoms with van der Waals surface area (Å²) in [6.07, 6.45) is 7.69. The van der Waals surface area contributed by atoms with Gasteiger partial charge in [-0.1, -0.05) is 26.3 Å². The summed E-state index contributed by atoms with van der Waals surface area (Å²) in [5.41, 5.74) is 2.60. The summed E-state index contributed by atoms with van der Waals surface area (Å²) in [5.74, 6) is 0. The Balaban J connectivity index is 2.04. The van der Waals surface area contributed by atoms with Gasteiger partial charge in [0.25, 0.3) is 0 Å². The average molecular weight is 261 g/mol. The van der Waals surface area contributed by atoms with Gasteiger partial charge < -0.3 is 5.32 Å². The molecule has 1 aliphatic rings. The standard InChI is InChI=1S/C16H27N3/c1-4-6-16-10-18-15(5-2)12-19(16)11-14-7-13(3)8-17-9-14/h7-9,15-16,18H,4-6,10-12H2,1-3H3. The van der Waals surface area contributed by atoms with Gasteiger partial charge in [0.1, 0.15) is 0 Å². The number of nitrogens with zero attached hydrogens (tertiary/aromatic N) is 2.